The third kappa shape index (κ3) is 4.65. The highest BCUT2D eigenvalue weighted by Gasteiger charge is 2.32. The Bertz CT molecular complexity index is 830. The topological polar surface area (TPSA) is 36.8 Å². The van der Waals surface area contributed by atoms with Crippen molar-refractivity contribution in [1.82, 2.24) is 0 Å². The molecule has 1 aliphatic rings. The number of quaternary nitrogens is 1. The van der Waals surface area contributed by atoms with Crippen LogP contribution in [0.1, 0.15) is 18.1 Å². The maximum Gasteiger partial charge on any atom is 0.416 e. The first kappa shape index (κ1) is 20.2. The van der Waals surface area contributed by atoms with Gasteiger partial charge in [-0.3, -0.25) is 4.79 Å². The van der Waals surface area contributed by atoms with E-state index in [-0.39, 0.29) is 17.6 Å². The lowest BCUT2D eigenvalue weighted by atomic mass is 10.1. The number of nitrogens with one attached hydrogen (secondary N) is 2. The number of rotatable bonds is 4. The van der Waals surface area contributed by atoms with Gasteiger partial charge in [-0.25, -0.2) is 0 Å². The number of anilines is 2. The largest absolute Gasteiger partial charge is 0.416 e. The lowest BCUT2D eigenvalue weighted by molar-refractivity contribution is -0.914. The van der Waals surface area contributed by atoms with Gasteiger partial charge in [0, 0.05) is 11.4 Å². The number of amides is 1. The smallest absolute Gasteiger partial charge is 0.360 e. The van der Waals surface area contributed by atoms with Gasteiger partial charge < -0.3 is 15.1 Å². The zero-order valence-corrected chi connectivity index (χ0v) is 16.0. The van der Waals surface area contributed by atoms with Gasteiger partial charge in [-0.15, -0.1) is 0 Å². The van der Waals surface area contributed by atoms with Crippen molar-refractivity contribution in [3.63, 3.8) is 0 Å². The van der Waals surface area contributed by atoms with E-state index in [9.17, 15) is 18.0 Å². The summed E-state index contributed by atoms with van der Waals surface area (Å²) in [4.78, 5) is 16.0. The zero-order valence-electron chi connectivity index (χ0n) is 16.0. The molecule has 1 aliphatic heterocycles. The quantitative estimate of drug-likeness (QED) is 0.840. The molecular weight excluding hydrogens is 367 g/mol. The minimum Gasteiger partial charge on any atom is -0.360 e. The average molecular weight is 392 g/mol. The fraction of sp³-hybridized carbons (Fsp3) is 0.381. The molecule has 1 saturated heterocycles. The molecule has 1 fully saturated rings. The number of hydrogen-bond acceptors (Lipinski definition) is 2. The Kier molecular flexibility index (Phi) is 5.93. The van der Waals surface area contributed by atoms with Crippen LogP contribution in [0.5, 0.6) is 0 Å². The first-order valence-corrected chi connectivity index (χ1v) is 9.39. The molecule has 3 rings (SSSR count). The lowest BCUT2D eigenvalue weighted by Crippen LogP contribution is -3.19. The van der Waals surface area contributed by atoms with Gasteiger partial charge >= 0.3 is 6.18 Å². The maximum absolute atomic E-state index is 12.8. The SMILES string of the molecule is Cc1ccccc1N1CC[NH+]([C@@H](C)C(=O)Nc2cccc(C(F)(F)F)c2)CC1. The van der Waals surface area contributed by atoms with Crippen molar-refractivity contribution in [2.75, 3.05) is 36.4 Å². The van der Waals surface area contributed by atoms with E-state index in [0.29, 0.717) is 0 Å². The van der Waals surface area contributed by atoms with Gasteiger partial charge in [-0.05, 0) is 43.7 Å². The summed E-state index contributed by atoms with van der Waals surface area (Å²) in [5, 5.41) is 2.63. The molecule has 2 aromatic carbocycles. The molecule has 0 unspecified atom stereocenters. The van der Waals surface area contributed by atoms with Crippen molar-refractivity contribution < 1.29 is 22.9 Å². The number of nitrogens with zero attached hydrogens (tertiary/aromatic N) is 1. The predicted molar refractivity (Wildman–Crippen MR) is 104 cm³/mol. The van der Waals surface area contributed by atoms with Crippen LogP contribution in [0.2, 0.25) is 0 Å². The molecule has 2 aromatic rings. The molecule has 0 saturated carbocycles. The Labute approximate surface area is 162 Å². The van der Waals surface area contributed by atoms with Gasteiger partial charge in [0.05, 0.1) is 31.7 Å². The van der Waals surface area contributed by atoms with E-state index >= 15 is 0 Å². The fourth-order valence-electron chi connectivity index (χ4n) is 3.60. The molecule has 0 bridgehead atoms. The third-order valence-electron chi connectivity index (χ3n) is 5.32. The van der Waals surface area contributed by atoms with Crippen LogP contribution in [0.15, 0.2) is 48.5 Å². The summed E-state index contributed by atoms with van der Waals surface area (Å²) >= 11 is 0. The Hall–Kier alpha value is -2.54. The van der Waals surface area contributed by atoms with Crippen molar-refractivity contribution in [2.45, 2.75) is 26.1 Å². The summed E-state index contributed by atoms with van der Waals surface area (Å²) in [6.45, 7) is 7.17. The van der Waals surface area contributed by atoms with E-state index in [2.05, 4.69) is 29.3 Å². The first-order valence-electron chi connectivity index (χ1n) is 9.39. The highest BCUT2D eigenvalue weighted by atomic mass is 19.4. The summed E-state index contributed by atoms with van der Waals surface area (Å²) < 4.78 is 38.5. The number of benzene rings is 2. The third-order valence-corrected chi connectivity index (χ3v) is 5.32. The molecule has 0 aliphatic carbocycles. The summed E-state index contributed by atoms with van der Waals surface area (Å²) in [7, 11) is 0. The molecule has 0 aromatic heterocycles. The van der Waals surface area contributed by atoms with Crippen LogP contribution in [-0.4, -0.2) is 38.1 Å². The second kappa shape index (κ2) is 8.22. The van der Waals surface area contributed by atoms with Crippen molar-refractivity contribution in [1.29, 1.82) is 0 Å². The summed E-state index contributed by atoms with van der Waals surface area (Å²) in [6.07, 6.45) is -4.43. The standard InChI is InChI=1S/C21H24F3N3O/c1-15-6-3-4-9-19(15)27-12-10-26(11-13-27)16(2)20(28)25-18-8-5-7-17(14-18)21(22,23)24/h3-9,14,16H,10-13H2,1-2H3,(H,25,28)/p+1/t16-/m0/s1. The van der Waals surface area contributed by atoms with E-state index in [1.165, 1.54) is 23.4 Å². The number of carbonyl (C=O) groups is 1. The van der Waals surface area contributed by atoms with Crippen LogP contribution in [-0.2, 0) is 11.0 Å². The Balaban J connectivity index is 1.59. The molecule has 1 heterocycles. The number of para-hydroxylation sites is 1. The molecule has 4 nitrogen and oxygen atoms in total. The van der Waals surface area contributed by atoms with Crippen LogP contribution < -0.4 is 15.1 Å². The minimum atomic E-state index is -4.43. The molecule has 0 spiro atoms. The Morgan fingerprint density at radius 2 is 1.79 bits per heavy atom. The number of piperazine rings is 1. The van der Waals surface area contributed by atoms with E-state index in [4.69, 9.17) is 0 Å². The molecule has 1 amide bonds. The molecule has 28 heavy (non-hydrogen) atoms. The first-order chi connectivity index (χ1) is 13.3. The molecule has 1 atom stereocenters. The van der Waals surface area contributed by atoms with Gasteiger partial charge in [0.15, 0.2) is 6.04 Å². The number of hydrogen-bond donors (Lipinski definition) is 2. The van der Waals surface area contributed by atoms with Crippen LogP contribution in [0.4, 0.5) is 24.5 Å². The highest BCUT2D eigenvalue weighted by molar-refractivity contribution is 5.93. The van der Waals surface area contributed by atoms with Crippen LogP contribution in [0.25, 0.3) is 0 Å². The highest BCUT2D eigenvalue weighted by Crippen LogP contribution is 2.30. The van der Waals surface area contributed by atoms with E-state index < -0.39 is 11.7 Å². The maximum atomic E-state index is 12.8. The summed E-state index contributed by atoms with van der Waals surface area (Å²) in [6, 6.07) is 12.6. The van der Waals surface area contributed by atoms with E-state index in [1.807, 2.05) is 19.1 Å². The minimum absolute atomic E-state index is 0.171. The van der Waals surface area contributed by atoms with Crippen LogP contribution in [0.3, 0.4) is 0 Å². The summed E-state index contributed by atoms with van der Waals surface area (Å²) in [5.74, 6) is -0.265. The van der Waals surface area contributed by atoms with Crippen molar-refractivity contribution in [3.8, 4) is 0 Å². The Morgan fingerprint density at radius 1 is 1.11 bits per heavy atom. The van der Waals surface area contributed by atoms with Gasteiger partial charge in [-0.2, -0.15) is 13.2 Å². The van der Waals surface area contributed by atoms with E-state index in [0.717, 1.165) is 43.2 Å². The second-order valence-electron chi connectivity index (χ2n) is 7.22. The van der Waals surface area contributed by atoms with Gasteiger partial charge in [0.1, 0.15) is 0 Å². The molecular formula is C21H25F3N3O+. The van der Waals surface area contributed by atoms with Gasteiger partial charge in [0.2, 0.25) is 0 Å². The second-order valence-corrected chi connectivity index (χ2v) is 7.22. The fourth-order valence-corrected chi connectivity index (χ4v) is 3.60. The average Bonchev–Trinajstić information content (AvgIpc) is 2.67. The van der Waals surface area contributed by atoms with Crippen molar-refractivity contribution in [3.05, 3.63) is 59.7 Å². The molecule has 0 radical (unpaired) electrons. The molecule has 150 valence electrons. The zero-order chi connectivity index (χ0) is 20.3. The van der Waals surface area contributed by atoms with Crippen LogP contribution in [0, 0.1) is 6.92 Å². The number of halogens is 3. The van der Waals surface area contributed by atoms with Crippen LogP contribution >= 0.6 is 0 Å². The van der Waals surface area contributed by atoms with E-state index in [1.54, 1.807) is 0 Å². The Morgan fingerprint density at radius 3 is 2.43 bits per heavy atom. The van der Waals surface area contributed by atoms with Crippen molar-refractivity contribution >= 4 is 17.3 Å². The normalized spacial score (nSPS) is 16.7. The number of alkyl halides is 3. The van der Waals surface area contributed by atoms with Gasteiger partial charge in [0.25, 0.3) is 5.91 Å². The predicted octanol–water partition coefficient (Wildman–Crippen LogP) is 2.75. The van der Waals surface area contributed by atoms with Gasteiger partial charge in [-0.1, -0.05) is 24.3 Å². The monoisotopic (exact) mass is 392 g/mol. The molecule has 7 heteroatoms. The lowest BCUT2D eigenvalue weighted by Gasteiger charge is -2.36. The number of aryl methyl sites for hydroxylation is 1. The summed E-state index contributed by atoms with van der Waals surface area (Å²) in [5.41, 5.74) is 1.84. The number of carbonyl (C=O) groups excluding carboxylic acids is 1. The molecule has 2 N–H and O–H groups in total. The van der Waals surface area contributed by atoms with Crippen molar-refractivity contribution in [2.24, 2.45) is 0 Å².